The fraction of sp³-hybridized carbons (Fsp3) is 0.467. The molecule has 19 heavy (non-hydrogen) atoms. The monoisotopic (exact) mass is 280 g/mol. The fourth-order valence-electron chi connectivity index (χ4n) is 2.56. The van der Waals surface area contributed by atoms with Crippen molar-refractivity contribution < 1.29 is 13.5 Å². The Kier molecular flexibility index (Phi) is 4.42. The first kappa shape index (κ1) is 14.3. The van der Waals surface area contributed by atoms with E-state index in [1.165, 1.54) is 31.9 Å². The highest BCUT2D eigenvalue weighted by molar-refractivity contribution is 7.90. The third-order valence-electron chi connectivity index (χ3n) is 3.66. The zero-order valence-corrected chi connectivity index (χ0v) is 12.0. The molecule has 1 aliphatic carbocycles. The molecular weight excluding hydrogens is 260 g/mol. The summed E-state index contributed by atoms with van der Waals surface area (Å²) in [5.74, 6) is 0.553. The molecule has 1 aromatic carbocycles. The molecule has 0 heterocycles. The van der Waals surface area contributed by atoms with E-state index < -0.39 is 9.84 Å². The van der Waals surface area contributed by atoms with Crippen LogP contribution < -0.4 is 0 Å². The molecule has 0 bridgehead atoms. The maximum Gasteiger partial charge on any atom is 0.175 e. The Balaban J connectivity index is 2.24. The minimum atomic E-state index is -3.16. The van der Waals surface area contributed by atoms with Crippen LogP contribution in [-0.2, 0) is 9.84 Å². The Bertz CT molecular complexity index is 550. The van der Waals surface area contributed by atoms with Crippen molar-refractivity contribution in [1.82, 2.24) is 0 Å². The number of hydrogen-bond donors (Lipinski definition) is 1. The minimum absolute atomic E-state index is 0.00524. The summed E-state index contributed by atoms with van der Waals surface area (Å²) in [6.45, 7) is -0.00524. The molecular formula is C15H20O3S. The molecule has 1 fully saturated rings. The molecule has 0 radical (unpaired) electrons. The molecule has 0 saturated heterocycles. The van der Waals surface area contributed by atoms with Crippen LogP contribution in [0.15, 0.2) is 35.2 Å². The molecule has 0 amide bonds. The molecule has 0 unspecified atom stereocenters. The number of aliphatic hydroxyl groups excluding tert-OH is 1. The Morgan fingerprint density at radius 3 is 2.32 bits per heavy atom. The summed E-state index contributed by atoms with van der Waals surface area (Å²) in [6, 6.07) is 6.74. The van der Waals surface area contributed by atoms with E-state index in [0.29, 0.717) is 10.8 Å². The average Bonchev–Trinajstić information content (AvgIpc) is 2.88. The highest BCUT2D eigenvalue weighted by atomic mass is 32.2. The predicted octanol–water partition coefficient (Wildman–Crippen LogP) is 2.66. The summed E-state index contributed by atoms with van der Waals surface area (Å²) >= 11 is 0. The number of benzene rings is 1. The van der Waals surface area contributed by atoms with Crippen molar-refractivity contribution in [2.24, 2.45) is 5.92 Å². The van der Waals surface area contributed by atoms with Crippen molar-refractivity contribution in [1.29, 1.82) is 0 Å². The molecule has 1 N–H and O–H groups in total. The van der Waals surface area contributed by atoms with Gasteiger partial charge < -0.3 is 5.11 Å². The second kappa shape index (κ2) is 5.88. The van der Waals surface area contributed by atoms with Gasteiger partial charge in [-0.15, -0.1) is 0 Å². The van der Waals surface area contributed by atoms with E-state index in [9.17, 15) is 13.5 Å². The summed E-state index contributed by atoms with van der Waals surface area (Å²) in [4.78, 5) is 0.314. The van der Waals surface area contributed by atoms with Crippen LogP contribution in [0.25, 0.3) is 5.57 Å². The number of rotatable bonds is 4. The molecule has 0 atom stereocenters. The van der Waals surface area contributed by atoms with Crippen LogP contribution in [0.2, 0.25) is 0 Å². The quantitative estimate of drug-likeness (QED) is 0.922. The Labute approximate surface area is 114 Å². The zero-order valence-electron chi connectivity index (χ0n) is 11.2. The maximum absolute atomic E-state index is 11.4. The van der Waals surface area contributed by atoms with E-state index in [1.54, 1.807) is 24.3 Å². The second-order valence-corrected chi connectivity index (χ2v) is 7.21. The standard InChI is InChI=1S/C15H20O3S/c1-19(17,18)15-8-6-13(7-9-15)14(11-16)10-12-4-2-3-5-12/h6-10,12,16H,2-5,11H2,1H3. The van der Waals surface area contributed by atoms with Crippen LogP contribution in [0.1, 0.15) is 31.2 Å². The van der Waals surface area contributed by atoms with E-state index in [1.807, 2.05) is 0 Å². The molecule has 0 spiro atoms. The maximum atomic E-state index is 11.4. The fourth-order valence-corrected chi connectivity index (χ4v) is 3.20. The van der Waals surface area contributed by atoms with Crippen molar-refractivity contribution in [3.05, 3.63) is 35.9 Å². The van der Waals surface area contributed by atoms with Gasteiger partial charge in [-0.1, -0.05) is 31.1 Å². The Morgan fingerprint density at radius 2 is 1.84 bits per heavy atom. The first-order chi connectivity index (χ1) is 9.00. The van der Waals surface area contributed by atoms with Gasteiger partial charge in [0.15, 0.2) is 9.84 Å². The van der Waals surface area contributed by atoms with Crippen LogP contribution >= 0.6 is 0 Å². The largest absolute Gasteiger partial charge is 0.392 e. The summed E-state index contributed by atoms with van der Waals surface area (Å²) in [5, 5.41) is 9.48. The number of allylic oxidation sites excluding steroid dienone is 1. The van der Waals surface area contributed by atoms with Gasteiger partial charge in [-0.2, -0.15) is 0 Å². The molecule has 2 rings (SSSR count). The lowest BCUT2D eigenvalue weighted by atomic mass is 9.99. The molecule has 4 heteroatoms. The van der Waals surface area contributed by atoms with E-state index in [0.717, 1.165) is 11.1 Å². The number of hydrogen-bond acceptors (Lipinski definition) is 3. The first-order valence-electron chi connectivity index (χ1n) is 6.63. The van der Waals surface area contributed by atoms with E-state index in [4.69, 9.17) is 0 Å². The van der Waals surface area contributed by atoms with Gasteiger partial charge in [-0.05, 0) is 42.0 Å². The zero-order chi connectivity index (χ0) is 13.9. The van der Waals surface area contributed by atoms with Gasteiger partial charge in [-0.3, -0.25) is 0 Å². The van der Waals surface area contributed by atoms with Gasteiger partial charge in [0.1, 0.15) is 0 Å². The number of aliphatic hydroxyl groups is 1. The topological polar surface area (TPSA) is 54.4 Å². The minimum Gasteiger partial charge on any atom is -0.392 e. The molecule has 1 saturated carbocycles. The van der Waals surface area contributed by atoms with E-state index >= 15 is 0 Å². The van der Waals surface area contributed by atoms with Crippen LogP contribution in [0, 0.1) is 5.92 Å². The predicted molar refractivity (Wildman–Crippen MR) is 76.6 cm³/mol. The lowest BCUT2D eigenvalue weighted by Crippen LogP contribution is -1.99. The van der Waals surface area contributed by atoms with Gasteiger partial charge in [0, 0.05) is 6.26 Å². The third kappa shape index (κ3) is 3.67. The molecule has 0 aromatic heterocycles. The van der Waals surface area contributed by atoms with Crippen molar-refractivity contribution in [2.45, 2.75) is 30.6 Å². The Morgan fingerprint density at radius 1 is 1.26 bits per heavy atom. The van der Waals surface area contributed by atoms with E-state index in [-0.39, 0.29) is 6.61 Å². The summed E-state index contributed by atoms with van der Waals surface area (Å²) in [7, 11) is -3.16. The van der Waals surface area contributed by atoms with Crippen LogP contribution in [-0.4, -0.2) is 26.4 Å². The summed E-state index contributed by atoms with van der Waals surface area (Å²) < 4.78 is 22.8. The molecule has 104 valence electrons. The number of sulfone groups is 1. The molecule has 1 aliphatic rings. The lowest BCUT2D eigenvalue weighted by Gasteiger charge is -2.09. The van der Waals surface area contributed by atoms with Crippen LogP contribution in [0.3, 0.4) is 0 Å². The van der Waals surface area contributed by atoms with Gasteiger partial charge in [0.25, 0.3) is 0 Å². The first-order valence-corrected chi connectivity index (χ1v) is 8.52. The van der Waals surface area contributed by atoms with Crippen LogP contribution in [0.4, 0.5) is 0 Å². The normalized spacial score (nSPS) is 17.9. The van der Waals surface area contributed by atoms with Gasteiger partial charge in [0.05, 0.1) is 11.5 Å². The third-order valence-corrected chi connectivity index (χ3v) is 4.79. The SMILES string of the molecule is CS(=O)(=O)c1ccc(C(=CC2CCCC2)CO)cc1. The van der Waals surface area contributed by atoms with Crippen molar-refractivity contribution in [3.63, 3.8) is 0 Å². The summed E-state index contributed by atoms with van der Waals surface area (Å²) in [5.41, 5.74) is 1.80. The smallest absolute Gasteiger partial charge is 0.175 e. The van der Waals surface area contributed by atoms with Gasteiger partial charge in [-0.25, -0.2) is 8.42 Å². The second-order valence-electron chi connectivity index (χ2n) is 5.19. The van der Waals surface area contributed by atoms with Crippen LogP contribution in [0.5, 0.6) is 0 Å². The highest BCUT2D eigenvalue weighted by Crippen LogP contribution is 2.29. The Hall–Kier alpha value is -1.13. The average molecular weight is 280 g/mol. The highest BCUT2D eigenvalue weighted by Gasteiger charge is 2.14. The van der Waals surface area contributed by atoms with E-state index in [2.05, 4.69) is 6.08 Å². The van der Waals surface area contributed by atoms with Crippen molar-refractivity contribution >= 4 is 15.4 Å². The van der Waals surface area contributed by atoms with Gasteiger partial charge >= 0.3 is 0 Å². The van der Waals surface area contributed by atoms with Crippen molar-refractivity contribution in [2.75, 3.05) is 12.9 Å². The summed E-state index contributed by atoms with van der Waals surface area (Å²) in [6.07, 6.45) is 8.22. The van der Waals surface area contributed by atoms with Gasteiger partial charge in [0.2, 0.25) is 0 Å². The molecule has 3 nitrogen and oxygen atoms in total. The lowest BCUT2D eigenvalue weighted by molar-refractivity contribution is 0.349. The molecule has 1 aromatic rings. The van der Waals surface area contributed by atoms with Crippen molar-refractivity contribution in [3.8, 4) is 0 Å². The molecule has 0 aliphatic heterocycles.